The molecule has 1 aromatic carbocycles. The van der Waals surface area contributed by atoms with Gasteiger partial charge in [0.15, 0.2) is 0 Å². The number of anilines is 1. The molecule has 0 aliphatic heterocycles. The van der Waals surface area contributed by atoms with Crippen molar-refractivity contribution < 1.29 is 9.53 Å². The average molecular weight is 379 g/mol. The molecule has 0 spiro atoms. The van der Waals surface area contributed by atoms with Crippen molar-refractivity contribution in [2.24, 2.45) is 5.92 Å². The van der Waals surface area contributed by atoms with E-state index in [0.717, 1.165) is 36.8 Å². The number of hydrogen-bond donors (Lipinski definition) is 2. The van der Waals surface area contributed by atoms with Crippen LogP contribution in [-0.4, -0.2) is 26.4 Å². The zero-order chi connectivity index (χ0) is 19.3. The van der Waals surface area contributed by atoms with E-state index in [0.29, 0.717) is 17.0 Å². The summed E-state index contributed by atoms with van der Waals surface area (Å²) in [6.07, 6.45) is 6.64. The molecule has 146 valence electrons. The van der Waals surface area contributed by atoms with Crippen LogP contribution >= 0.6 is 0 Å². The molecule has 2 aromatic heterocycles. The maximum atomic E-state index is 13.3. The number of rotatable bonds is 5. The molecule has 1 saturated carbocycles. The summed E-state index contributed by atoms with van der Waals surface area (Å²) in [6, 6.07) is 11.5. The summed E-state index contributed by atoms with van der Waals surface area (Å²) in [7, 11) is 0. The molecule has 1 atom stereocenters. The van der Waals surface area contributed by atoms with Crippen LogP contribution in [0.25, 0.3) is 11.2 Å². The van der Waals surface area contributed by atoms with Crippen molar-refractivity contribution in [3.8, 4) is 0 Å². The van der Waals surface area contributed by atoms with E-state index in [9.17, 15) is 4.79 Å². The summed E-state index contributed by atoms with van der Waals surface area (Å²) < 4.78 is 5.75. The third kappa shape index (κ3) is 3.98. The quantitative estimate of drug-likeness (QED) is 0.517. The number of nitrogens with one attached hydrogen (secondary N) is 1. The van der Waals surface area contributed by atoms with E-state index in [-0.39, 0.29) is 18.5 Å². The molecule has 7 nitrogen and oxygen atoms in total. The van der Waals surface area contributed by atoms with Gasteiger partial charge in [0.2, 0.25) is 5.65 Å². The summed E-state index contributed by atoms with van der Waals surface area (Å²) in [5, 5.41) is 10.9. The molecule has 1 aliphatic rings. The van der Waals surface area contributed by atoms with Crippen LogP contribution in [0.5, 0.6) is 0 Å². The van der Waals surface area contributed by atoms with E-state index >= 15 is 0 Å². The molecule has 1 fully saturated rings. The number of nitrogen functional groups attached to an aromatic ring is 1. The number of carbonyl (C=O) groups is 1. The topological polar surface area (TPSA) is 107 Å². The zero-order valence-electron chi connectivity index (χ0n) is 15.8. The monoisotopic (exact) mass is 379 g/mol. The highest BCUT2D eigenvalue weighted by Crippen LogP contribution is 2.38. The molecule has 1 unspecified atom stereocenters. The lowest BCUT2D eigenvalue weighted by Crippen LogP contribution is -2.24. The minimum absolute atomic E-state index is 0.201. The third-order valence-corrected chi connectivity index (χ3v) is 5.53. The molecule has 3 N–H and O–H groups in total. The average Bonchev–Trinajstić information content (AvgIpc) is 3.02. The molecule has 0 amide bonds. The van der Waals surface area contributed by atoms with Gasteiger partial charge < -0.3 is 10.5 Å². The predicted octanol–water partition coefficient (Wildman–Crippen LogP) is 3.73. The number of aromatic amines is 1. The number of fused-ring (bicyclic) bond motifs is 1. The number of hydrogen-bond acceptors (Lipinski definition) is 6. The Hall–Kier alpha value is -2.96. The van der Waals surface area contributed by atoms with Gasteiger partial charge in [0.1, 0.15) is 17.9 Å². The largest absolute Gasteiger partial charge is 0.460 e. The molecule has 0 radical (unpaired) electrons. The number of aromatic nitrogens is 4. The Morgan fingerprint density at radius 1 is 1.14 bits per heavy atom. The van der Waals surface area contributed by atoms with Crippen LogP contribution in [0.1, 0.15) is 55.6 Å². The Morgan fingerprint density at radius 3 is 2.64 bits per heavy atom. The van der Waals surface area contributed by atoms with Crippen molar-refractivity contribution in [1.82, 2.24) is 20.4 Å². The van der Waals surface area contributed by atoms with Crippen LogP contribution in [0.15, 0.2) is 36.4 Å². The number of esters is 1. The lowest BCUT2D eigenvalue weighted by Gasteiger charge is -2.25. The van der Waals surface area contributed by atoms with Crippen LogP contribution in [0.3, 0.4) is 0 Å². The number of carbonyl (C=O) groups excluding carboxylic acids is 1. The molecule has 1 aliphatic carbocycles. The van der Waals surface area contributed by atoms with Gasteiger partial charge in [-0.15, -0.1) is 5.10 Å². The number of pyridine rings is 1. The van der Waals surface area contributed by atoms with Crippen molar-refractivity contribution in [2.45, 2.75) is 51.0 Å². The number of ether oxygens (including phenoxy) is 1. The molecule has 0 saturated heterocycles. The van der Waals surface area contributed by atoms with Gasteiger partial charge in [-0.25, -0.2) is 4.98 Å². The third-order valence-electron chi connectivity index (χ3n) is 5.53. The van der Waals surface area contributed by atoms with Crippen LogP contribution in [0.4, 0.5) is 5.82 Å². The van der Waals surface area contributed by atoms with Gasteiger partial charge in [-0.2, -0.15) is 10.3 Å². The SMILES string of the molecule is Nc1cc(C(C(=O)OCc2ccccc2)C2CCCCCC2)c2n[nH]nc2n1. The van der Waals surface area contributed by atoms with Gasteiger partial charge in [-0.05, 0) is 30.4 Å². The fourth-order valence-corrected chi connectivity index (χ4v) is 4.15. The first kappa shape index (κ1) is 18.4. The molecule has 3 aromatic rings. The summed E-state index contributed by atoms with van der Waals surface area (Å²) in [5.74, 6) is -0.108. The Bertz CT molecular complexity index is 932. The van der Waals surface area contributed by atoms with Gasteiger partial charge in [-0.3, -0.25) is 4.79 Å². The van der Waals surface area contributed by atoms with Crippen molar-refractivity contribution >= 4 is 23.0 Å². The van der Waals surface area contributed by atoms with Crippen molar-refractivity contribution in [3.63, 3.8) is 0 Å². The Labute approximate surface area is 163 Å². The molecule has 0 bridgehead atoms. The predicted molar refractivity (Wildman–Crippen MR) is 106 cm³/mol. The highest BCUT2D eigenvalue weighted by molar-refractivity contribution is 5.86. The lowest BCUT2D eigenvalue weighted by atomic mass is 9.81. The summed E-state index contributed by atoms with van der Waals surface area (Å²) >= 11 is 0. The van der Waals surface area contributed by atoms with Crippen LogP contribution < -0.4 is 5.73 Å². The van der Waals surface area contributed by atoms with Crippen molar-refractivity contribution in [2.75, 3.05) is 5.73 Å². The van der Waals surface area contributed by atoms with Crippen LogP contribution in [0.2, 0.25) is 0 Å². The second-order valence-corrected chi connectivity index (χ2v) is 7.45. The van der Waals surface area contributed by atoms with E-state index in [1.807, 2.05) is 30.3 Å². The Kier molecular flexibility index (Phi) is 5.50. The van der Waals surface area contributed by atoms with E-state index in [2.05, 4.69) is 20.4 Å². The number of nitrogens with two attached hydrogens (primary N) is 1. The number of nitrogens with zero attached hydrogens (tertiary/aromatic N) is 3. The molecule has 28 heavy (non-hydrogen) atoms. The first-order valence-electron chi connectivity index (χ1n) is 9.90. The zero-order valence-corrected chi connectivity index (χ0v) is 15.8. The summed E-state index contributed by atoms with van der Waals surface area (Å²) in [4.78, 5) is 17.5. The number of benzene rings is 1. The molecular formula is C21H25N5O2. The van der Waals surface area contributed by atoms with Crippen molar-refractivity contribution in [1.29, 1.82) is 0 Å². The lowest BCUT2D eigenvalue weighted by molar-refractivity contribution is -0.148. The van der Waals surface area contributed by atoms with E-state index in [4.69, 9.17) is 10.5 Å². The Morgan fingerprint density at radius 2 is 1.89 bits per heavy atom. The standard InChI is InChI=1S/C21H25N5O2/c22-17-12-16(19-20(23-17)25-26-24-19)18(15-10-6-1-2-7-11-15)21(27)28-13-14-8-4-3-5-9-14/h3-5,8-9,12,15,18H,1-2,6-7,10-11,13H2,(H3,22,23,24,25,26). The maximum absolute atomic E-state index is 13.3. The Balaban J connectivity index is 1.66. The molecule has 2 heterocycles. The van der Waals surface area contributed by atoms with Crippen LogP contribution in [-0.2, 0) is 16.1 Å². The minimum Gasteiger partial charge on any atom is -0.460 e. The number of H-pyrrole nitrogens is 1. The highest BCUT2D eigenvalue weighted by Gasteiger charge is 2.34. The summed E-state index contributed by atoms with van der Waals surface area (Å²) in [6.45, 7) is 0.255. The van der Waals surface area contributed by atoms with Gasteiger partial charge in [-0.1, -0.05) is 56.0 Å². The fourth-order valence-electron chi connectivity index (χ4n) is 4.15. The first-order valence-corrected chi connectivity index (χ1v) is 9.90. The second kappa shape index (κ2) is 8.37. The highest BCUT2D eigenvalue weighted by atomic mass is 16.5. The molecule has 7 heteroatoms. The maximum Gasteiger partial charge on any atom is 0.314 e. The smallest absolute Gasteiger partial charge is 0.314 e. The second-order valence-electron chi connectivity index (χ2n) is 7.45. The molecule has 4 rings (SSSR count). The van der Waals surface area contributed by atoms with Gasteiger partial charge in [0.05, 0.1) is 5.92 Å². The normalized spacial score (nSPS) is 16.6. The minimum atomic E-state index is -0.417. The summed E-state index contributed by atoms with van der Waals surface area (Å²) in [5.41, 5.74) is 8.77. The van der Waals surface area contributed by atoms with E-state index in [1.165, 1.54) is 12.8 Å². The van der Waals surface area contributed by atoms with E-state index in [1.54, 1.807) is 6.07 Å². The molecular weight excluding hydrogens is 354 g/mol. The van der Waals surface area contributed by atoms with Crippen molar-refractivity contribution in [3.05, 3.63) is 47.5 Å². The van der Waals surface area contributed by atoms with Gasteiger partial charge in [0.25, 0.3) is 0 Å². The van der Waals surface area contributed by atoms with E-state index < -0.39 is 5.92 Å². The van der Waals surface area contributed by atoms with Crippen LogP contribution in [0, 0.1) is 5.92 Å². The van der Waals surface area contributed by atoms with Gasteiger partial charge in [0, 0.05) is 5.56 Å². The van der Waals surface area contributed by atoms with Gasteiger partial charge >= 0.3 is 5.97 Å². The fraction of sp³-hybridized carbons (Fsp3) is 0.429. The first-order chi connectivity index (χ1) is 13.7.